The molecule has 0 spiro atoms. The summed E-state index contributed by atoms with van der Waals surface area (Å²) in [6, 6.07) is 7.99. The van der Waals surface area contributed by atoms with Crippen molar-refractivity contribution in [3.8, 4) is 5.75 Å². The fourth-order valence-corrected chi connectivity index (χ4v) is 2.59. The first-order chi connectivity index (χ1) is 10.8. The maximum Gasteiger partial charge on any atom is 0.412 e. The molecule has 1 aliphatic carbocycles. The molecular formula is C18H28N2O3. The second-order valence-corrected chi connectivity index (χ2v) is 7.23. The van der Waals surface area contributed by atoms with E-state index >= 15 is 0 Å². The van der Waals surface area contributed by atoms with Gasteiger partial charge in [0.25, 0.3) is 0 Å². The van der Waals surface area contributed by atoms with E-state index in [2.05, 4.69) is 17.6 Å². The van der Waals surface area contributed by atoms with Gasteiger partial charge in [-0.25, -0.2) is 4.79 Å². The molecule has 1 amide bonds. The summed E-state index contributed by atoms with van der Waals surface area (Å²) in [4.78, 5) is 11.8. The normalized spacial score (nSPS) is 20.5. The molecule has 2 N–H and O–H groups in total. The Kier molecular flexibility index (Phi) is 5.88. The van der Waals surface area contributed by atoms with Gasteiger partial charge in [0.15, 0.2) is 0 Å². The molecule has 1 saturated carbocycles. The minimum absolute atomic E-state index is 0.463. The van der Waals surface area contributed by atoms with Crippen LogP contribution in [0.2, 0.25) is 0 Å². The minimum atomic E-state index is -0.511. The molecule has 0 aromatic heterocycles. The molecule has 5 heteroatoms. The van der Waals surface area contributed by atoms with Crippen LogP contribution < -0.4 is 15.4 Å². The Morgan fingerprint density at radius 1 is 1.30 bits per heavy atom. The SMILES string of the molecule is CC1CC(NCCOc2cccc(NC(=O)OC(C)(C)C)c2)C1. The van der Waals surface area contributed by atoms with Crippen LogP contribution in [-0.2, 0) is 4.74 Å². The summed E-state index contributed by atoms with van der Waals surface area (Å²) < 4.78 is 11.0. The summed E-state index contributed by atoms with van der Waals surface area (Å²) in [5, 5.41) is 6.19. The third kappa shape index (κ3) is 6.48. The van der Waals surface area contributed by atoms with E-state index in [0.29, 0.717) is 18.3 Å². The van der Waals surface area contributed by atoms with Crippen LogP contribution in [0.4, 0.5) is 10.5 Å². The first-order valence-electron chi connectivity index (χ1n) is 8.28. The Bertz CT molecular complexity index is 519. The second kappa shape index (κ2) is 7.68. The predicted octanol–water partition coefficient (Wildman–Crippen LogP) is 3.80. The molecule has 0 heterocycles. The van der Waals surface area contributed by atoms with Crippen LogP contribution in [0, 0.1) is 5.92 Å². The molecule has 1 fully saturated rings. The number of carbonyl (C=O) groups excluding carboxylic acids is 1. The van der Waals surface area contributed by atoms with E-state index in [-0.39, 0.29) is 0 Å². The van der Waals surface area contributed by atoms with Crippen molar-refractivity contribution in [3.05, 3.63) is 24.3 Å². The number of rotatable bonds is 6. The summed E-state index contributed by atoms with van der Waals surface area (Å²) >= 11 is 0. The zero-order chi connectivity index (χ0) is 16.9. The van der Waals surface area contributed by atoms with Crippen molar-refractivity contribution in [1.82, 2.24) is 5.32 Å². The number of hydrogen-bond acceptors (Lipinski definition) is 4. The van der Waals surface area contributed by atoms with Gasteiger partial charge in [0.1, 0.15) is 18.0 Å². The van der Waals surface area contributed by atoms with E-state index in [1.165, 1.54) is 12.8 Å². The zero-order valence-electron chi connectivity index (χ0n) is 14.5. The number of carbonyl (C=O) groups is 1. The molecule has 0 unspecified atom stereocenters. The quantitative estimate of drug-likeness (QED) is 0.783. The number of ether oxygens (including phenoxy) is 2. The average Bonchev–Trinajstić information content (AvgIpc) is 2.39. The fourth-order valence-electron chi connectivity index (χ4n) is 2.59. The third-order valence-corrected chi connectivity index (χ3v) is 3.66. The van der Waals surface area contributed by atoms with Gasteiger partial charge in [-0.05, 0) is 51.7 Å². The van der Waals surface area contributed by atoms with Crippen LogP contribution in [0.5, 0.6) is 5.75 Å². The lowest BCUT2D eigenvalue weighted by Crippen LogP contribution is -2.41. The van der Waals surface area contributed by atoms with E-state index in [9.17, 15) is 4.79 Å². The van der Waals surface area contributed by atoms with Crippen LogP contribution in [-0.4, -0.2) is 30.9 Å². The van der Waals surface area contributed by atoms with E-state index in [4.69, 9.17) is 9.47 Å². The van der Waals surface area contributed by atoms with Crippen molar-refractivity contribution >= 4 is 11.8 Å². The van der Waals surface area contributed by atoms with Gasteiger partial charge in [0.05, 0.1) is 0 Å². The Hall–Kier alpha value is -1.75. The van der Waals surface area contributed by atoms with Crippen LogP contribution in [0.15, 0.2) is 24.3 Å². The van der Waals surface area contributed by atoms with Crippen molar-refractivity contribution in [3.63, 3.8) is 0 Å². The molecule has 2 rings (SSSR count). The standard InChI is InChI=1S/C18H28N2O3/c1-13-10-15(11-13)19-8-9-22-16-7-5-6-14(12-16)20-17(21)23-18(2,3)4/h5-7,12-13,15,19H,8-11H2,1-4H3,(H,20,21). The third-order valence-electron chi connectivity index (χ3n) is 3.66. The topological polar surface area (TPSA) is 59.6 Å². The predicted molar refractivity (Wildman–Crippen MR) is 92.0 cm³/mol. The highest BCUT2D eigenvalue weighted by Gasteiger charge is 2.24. The summed E-state index contributed by atoms with van der Waals surface area (Å²) in [6.45, 7) is 9.23. The van der Waals surface area contributed by atoms with Gasteiger partial charge in [0.2, 0.25) is 0 Å². The van der Waals surface area contributed by atoms with E-state index in [1.54, 1.807) is 6.07 Å². The van der Waals surface area contributed by atoms with Gasteiger partial charge in [-0.3, -0.25) is 5.32 Å². The Balaban J connectivity index is 1.72. The van der Waals surface area contributed by atoms with Crippen LogP contribution in [0.1, 0.15) is 40.5 Å². The van der Waals surface area contributed by atoms with Crippen LogP contribution in [0.25, 0.3) is 0 Å². The van der Waals surface area contributed by atoms with Crippen LogP contribution in [0.3, 0.4) is 0 Å². The van der Waals surface area contributed by atoms with Crippen molar-refractivity contribution in [2.75, 3.05) is 18.5 Å². The van der Waals surface area contributed by atoms with Crippen LogP contribution >= 0.6 is 0 Å². The van der Waals surface area contributed by atoms with Gasteiger partial charge in [0, 0.05) is 24.3 Å². The molecule has 23 heavy (non-hydrogen) atoms. The largest absolute Gasteiger partial charge is 0.492 e. The van der Waals surface area contributed by atoms with Crippen molar-refractivity contribution in [2.45, 2.75) is 52.2 Å². The summed E-state index contributed by atoms with van der Waals surface area (Å²) in [7, 11) is 0. The van der Waals surface area contributed by atoms with Crippen molar-refractivity contribution in [2.24, 2.45) is 5.92 Å². The van der Waals surface area contributed by atoms with E-state index < -0.39 is 11.7 Å². The molecule has 1 aromatic rings. The number of amides is 1. The van der Waals surface area contributed by atoms with Crippen molar-refractivity contribution in [1.29, 1.82) is 0 Å². The molecule has 0 bridgehead atoms. The molecule has 1 aliphatic rings. The van der Waals surface area contributed by atoms with E-state index in [1.807, 2.05) is 39.0 Å². The van der Waals surface area contributed by atoms with Gasteiger partial charge in [-0.2, -0.15) is 0 Å². The van der Waals surface area contributed by atoms with Gasteiger partial charge in [-0.15, -0.1) is 0 Å². The Labute approximate surface area is 138 Å². The maximum atomic E-state index is 11.8. The van der Waals surface area contributed by atoms with Gasteiger partial charge >= 0.3 is 6.09 Å². The first-order valence-corrected chi connectivity index (χ1v) is 8.28. The number of anilines is 1. The van der Waals surface area contributed by atoms with Gasteiger partial charge < -0.3 is 14.8 Å². The molecular weight excluding hydrogens is 292 g/mol. The lowest BCUT2D eigenvalue weighted by molar-refractivity contribution is 0.0636. The molecule has 0 atom stereocenters. The molecule has 128 valence electrons. The van der Waals surface area contributed by atoms with E-state index in [0.717, 1.165) is 18.2 Å². The Morgan fingerprint density at radius 3 is 2.70 bits per heavy atom. The minimum Gasteiger partial charge on any atom is -0.492 e. The van der Waals surface area contributed by atoms with Gasteiger partial charge in [-0.1, -0.05) is 13.0 Å². The first kappa shape index (κ1) is 17.6. The molecule has 0 aliphatic heterocycles. The zero-order valence-corrected chi connectivity index (χ0v) is 14.5. The maximum absolute atomic E-state index is 11.8. The van der Waals surface area contributed by atoms with Crippen molar-refractivity contribution < 1.29 is 14.3 Å². The number of benzene rings is 1. The molecule has 5 nitrogen and oxygen atoms in total. The highest BCUT2D eigenvalue weighted by Crippen LogP contribution is 2.26. The lowest BCUT2D eigenvalue weighted by atomic mass is 9.82. The average molecular weight is 320 g/mol. The summed E-state index contributed by atoms with van der Waals surface area (Å²) in [6.07, 6.45) is 2.06. The highest BCUT2D eigenvalue weighted by molar-refractivity contribution is 5.85. The number of nitrogens with one attached hydrogen (secondary N) is 2. The molecule has 0 saturated heterocycles. The second-order valence-electron chi connectivity index (χ2n) is 7.23. The smallest absolute Gasteiger partial charge is 0.412 e. The Morgan fingerprint density at radius 2 is 2.04 bits per heavy atom. The molecule has 1 aromatic carbocycles. The summed E-state index contributed by atoms with van der Waals surface area (Å²) in [5.41, 5.74) is 0.153. The summed E-state index contributed by atoms with van der Waals surface area (Å²) in [5.74, 6) is 1.59. The molecule has 0 radical (unpaired) electrons. The lowest BCUT2D eigenvalue weighted by Gasteiger charge is -2.33. The number of hydrogen-bond donors (Lipinski definition) is 2. The fraction of sp³-hybridized carbons (Fsp3) is 0.611. The monoisotopic (exact) mass is 320 g/mol. The highest BCUT2D eigenvalue weighted by atomic mass is 16.6.